The number of hydrogen-bond acceptors (Lipinski definition) is 4. The highest BCUT2D eigenvalue weighted by Gasteiger charge is 2.42. The molecule has 4 rings (SSSR count). The normalized spacial score (nSPS) is 32.4. The SMILES string of the molecule is CN(C(=O)C1CC2CCCC(C1)C2N)C1CCN(CCn2cccn2)CC1. The molecule has 1 saturated heterocycles. The highest BCUT2D eigenvalue weighted by Crippen LogP contribution is 2.42. The summed E-state index contributed by atoms with van der Waals surface area (Å²) in [7, 11) is 2.04. The Morgan fingerprint density at radius 2 is 1.85 bits per heavy atom. The molecule has 3 aliphatic rings. The van der Waals surface area contributed by atoms with Gasteiger partial charge in [0.15, 0.2) is 0 Å². The topological polar surface area (TPSA) is 67.4 Å². The first-order chi connectivity index (χ1) is 13.1. The molecule has 6 heteroatoms. The Kier molecular flexibility index (Phi) is 5.83. The van der Waals surface area contributed by atoms with E-state index in [0.29, 0.717) is 29.8 Å². The van der Waals surface area contributed by atoms with E-state index in [9.17, 15) is 4.79 Å². The molecular formula is C21H35N5O. The van der Waals surface area contributed by atoms with Gasteiger partial charge < -0.3 is 15.5 Å². The summed E-state index contributed by atoms with van der Waals surface area (Å²) in [6, 6.07) is 2.71. The van der Waals surface area contributed by atoms with Gasteiger partial charge in [0.05, 0.1) is 6.54 Å². The summed E-state index contributed by atoms with van der Waals surface area (Å²) >= 11 is 0. The number of aromatic nitrogens is 2. The van der Waals surface area contributed by atoms with E-state index in [2.05, 4.69) is 14.9 Å². The van der Waals surface area contributed by atoms with Crippen molar-refractivity contribution in [2.24, 2.45) is 23.5 Å². The zero-order chi connectivity index (χ0) is 18.8. The van der Waals surface area contributed by atoms with Gasteiger partial charge in [-0.25, -0.2) is 0 Å². The lowest BCUT2D eigenvalue weighted by Crippen LogP contribution is -2.52. The number of hydrogen-bond donors (Lipinski definition) is 1. The zero-order valence-corrected chi connectivity index (χ0v) is 16.7. The molecule has 27 heavy (non-hydrogen) atoms. The van der Waals surface area contributed by atoms with Crippen LogP contribution in [0, 0.1) is 17.8 Å². The molecule has 0 spiro atoms. The van der Waals surface area contributed by atoms with Crippen LogP contribution in [0.4, 0.5) is 0 Å². The summed E-state index contributed by atoms with van der Waals surface area (Å²) in [4.78, 5) is 17.7. The van der Waals surface area contributed by atoms with Crippen LogP contribution in [-0.4, -0.2) is 64.3 Å². The first kappa shape index (κ1) is 18.9. The Morgan fingerprint density at radius 3 is 2.48 bits per heavy atom. The lowest BCUT2D eigenvalue weighted by molar-refractivity contribution is -0.140. The summed E-state index contributed by atoms with van der Waals surface area (Å²) in [6.45, 7) is 4.13. The molecule has 2 atom stereocenters. The average molecular weight is 374 g/mol. The molecule has 2 unspecified atom stereocenters. The van der Waals surface area contributed by atoms with E-state index in [1.54, 1.807) is 0 Å². The third-order valence-corrected chi connectivity index (χ3v) is 7.42. The van der Waals surface area contributed by atoms with Crippen molar-refractivity contribution in [1.82, 2.24) is 19.6 Å². The number of carbonyl (C=O) groups is 1. The van der Waals surface area contributed by atoms with Crippen LogP contribution in [0.1, 0.15) is 44.9 Å². The Labute approximate surface area is 163 Å². The van der Waals surface area contributed by atoms with Crippen LogP contribution in [0.3, 0.4) is 0 Å². The second kappa shape index (κ2) is 8.31. The van der Waals surface area contributed by atoms with E-state index in [0.717, 1.165) is 51.9 Å². The predicted molar refractivity (Wildman–Crippen MR) is 106 cm³/mol. The van der Waals surface area contributed by atoms with Gasteiger partial charge in [0.2, 0.25) is 5.91 Å². The number of amides is 1. The first-order valence-electron chi connectivity index (χ1n) is 10.8. The Balaban J connectivity index is 1.25. The van der Waals surface area contributed by atoms with E-state index >= 15 is 0 Å². The molecule has 1 aromatic rings. The molecule has 1 amide bonds. The van der Waals surface area contributed by atoms with Crippen molar-refractivity contribution in [1.29, 1.82) is 0 Å². The van der Waals surface area contributed by atoms with Crippen molar-refractivity contribution >= 4 is 5.91 Å². The van der Waals surface area contributed by atoms with Crippen molar-refractivity contribution < 1.29 is 4.79 Å². The number of nitrogens with two attached hydrogens (primary N) is 1. The van der Waals surface area contributed by atoms with Crippen LogP contribution in [0.5, 0.6) is 0 Å². The van der Waals surface area contributed by atoms with E-state index < -0.39 is 0 Å². The summed E-state index contributed by atoms with van der Waals surface area (Å²) < 4.78 is 1.99. The third-order valence-electron chi connectivity index (χ3n) is 7.42. The monoisotopic (exact) mass is 373 g/mol. The maximum absolute atomic E-state index is 13.2. The van der Waals surface area contributed by atoms with Gasteiger partial charge in [-0.15, -0.1) is 0 Å². The van der Waals surface area contributed by atoms with E-state index in [4.69, 9.17) is 5.73 Å². The first-order valence-corrected chi connectivity index (χ1v) is 10.8. The number of carbonyl (C=O) groups excluding carboxylic acids is 1. The second-order valence-corrected chi connectivity index (χ2v) is 8.99. The second-order valence-electron chi connectivity index (χ2n) is 8.99. The van der Waals surface area contributed by atoms with Crippen molar-refractivity contribution in [3.05, 3.63) is 18.5 Å². The summed E-state index contributed by atoms with van der Waals surface area (Å²) in [5.41, 5.74) is 6.41. The zero-order valence-electron chi connectivity index (χ0n) is 16.7. The molecule has 1 aromatic heterocycles. The molecule has 3 fully saturated rings. The molecule has 2 aliphatic carbocycles. The van der Waals surface area contributed by atoms with Gasteiger partial charge in [0.1, 0.15) is 0 Å². The largest absolute Gasteiger partial charge is 0.342 e. The van der Waals surface area contributed by atoms with E-state index in [1.165, 1.54) is 19.3 Å². The minimum atomic E-state index is 0.211. The van der Waals surface area contributed by atoms with Gasteiger partial charge >= 0.3 is 0 Å². The highest BCUT2D eigenvalue weighted by molar-refractivity contribution is 5.79. The van der Waals surface area contributed by atoms with Crippen molar-refractivity contribution in [3.8, 4) is 0 Å². The lowest BCUT2D eigenvalue weighted by Gasteiger charge is -2.45. The number of fused-ring (bicyclic) bond motifs is 2. The van der Waals surface area contributed by atoms with Crippen LogP contribution in [0.25, 0.3) is 0 Å². The summed E-state index contributed by atoms with van der Waals surface area (Å²) in [5.74, 6) is 1.74. The van der Waals surface area contributed by atoms with Crippen molar-refractivity contribution in [3.63, 3.8) is 0 Å². The predicted octanol–water partition coefficient (Wildman–Crippen LogP) is 1.96. The average Bonchev–Trinajstić information content (AvgIpc) is 3.19. The van der Waals surface area contributed by atoms with Gasteiger partial charge in [0, 0.05) is 57.1 Å². The molecule has 6 nitrogen and oxygen atoms in total. The van der Waals surface area contributed by atoms with Gasteiger partial charge in [0.25, 0.3) is 0 Å². The molecule has 2 N–H and O–H groups in total. The number of nitrogens with zero attached hydrogens (tertiary/aromatic N) is 4. The molecule has 0 aromatic carbocycles. The van der Waals surface area contributed by atoms with Gasteiger partial charge in [-0.3, -0.25) is 9.48 Å². The standard InChI is InChI=1S/C21H35N5O/c1-24(21(27)18-14-16-4-2-5-17(15-18)20(16)22)19-6-10-25(11-7-19)12-13-26-9-3-8-23-26/h3,8-9,16-20H,2,4-7,10-15,22H2,1H3. The van der Waals surface area contributed by atoms with Gasteiger partial charge in [-0.1, -0.05) is 6.42 Å². The fourth-order valence-electron chi connectivity index (χ4n) is 5.67. The number of piperidine rings is 1. The molecule has 2 saturated carbocycles. The maximum Gasteiger partial charge on any atom is 0.225 e. The fourth-order valence-corrected chi connectivity index (χ4v) is 5.67. The van der Waals surface area contributed by atoms with Crippen LogP contribution in [0.2, 0.25) is 0 Å². The smallest absolute Gasteiger partial charge is 0.225 e. The molecular weight excluding hydrogens is 338 g/mol. The summed E-state index contributed by atoms with van der Waals surface area (Å²) in [5, 5.41) is 4.28. The van der Waals surface area contributed by atoms with Gasteiger partial charge in [-0.2, -0.15) is 5.10 Å². The summed E-state index contributed by atoms with van der Waals surface area (Å²) in [6.07, 6.45) is 11.8. The van der Waals surface area contributed by atoms with Crippen molar-refractivity contribution in [2.45, 2.75) is 63.6 Å². The maximum atomic E-state index is 13.2. The van der Waals surface area contributed by atoms with Gasteiger partial charge in [-0.05, 0) is 56.4 Å². The van der Waals surface area contributed by atoms with Crippen molar-refractivity contribution in [2.75, 3.05) is 26.7 Å². The third kappa shape index (κ3) is 4.21. The van der Waals surface area contributed by atoms with E-state index in [-0.39, 0.29) is 5.92 Å². The van der Waals surface area contributed by atoms with E-state index in [1.807, 2.05) is 30.2 Å². The highest BCUT2D eigenvalue weighted by atomic mass is 16.2. The van der Waals surface area contributed by atoms with Crippen LogP contribution in [0.15, 0.2) is 18.5 Å². The minimum absolute atomic E-state index is 0.211. The molecule has 2 heterocycles. The molecule has 2 bridgehead atoms. The lowest BCUT2D eigenvalue weighted by atomic mass is 9.65. The fraction of sp³-hybridized carbons (Fsp3) is 0.810. The Morgan fingerprint density at radius 1 is 1.15 bits per heavy atom. The van der Waals surface area contributed by atoms with Crippen LogP contribution in [-0.2, 0) is 11.3 Å². The van der Waals surface area contributed by atoms with Crippen LogP contribution < -0.4 is 5.73 Å². The minimum Gasteiger partial charge on any atom is -0.342 e. The molecule has 1 aliphatic heterocycles. The molecule has 0 radical (unpaired) electrons. The Hall–Kier alpha value is -1.40. The quantitative estimate of drug-likeness (QED) is 0.857. The number of rotatable bonds is 5. The number of likely N-dealkylation sites (tertiary alicyclic amines) is 1. The van der Waals surface area contributed by atoms with Crippen LogP contribution >= 0.6 is 0 Å². The molecule has 150 valence electrons. The Bertz CT molecular complexity index is 596.